The van der Waals surface area contributed by atoms with Crippen LogP contribution in [-0.4, -0.2) is 55.9 Å². The third kappa shape index (κ3) is 2.70. The summed E-state index contributed by atoms with van der Waals surface area (Å²) >= 11 is 0. The summed E-state index contributed by atoms with van der Waals surface area (Å²) in [6, 6.07) is 5.26. The molecule has 7 nitrogen and oxygen atoms in total. The fourth-order valence-corrected chi connectivity index (χ4v) is 3.73. The Labute approximate surface area is 122 Å². The van der Waals surface area contributed by atoms with E-state index in [0.717, 1.165) is 5.56 Å². The number of ether oxygens (including phenoxy) is 2. The maximum absolute atomic E-state index is 12.3. The van der Waals surface area contributed by atoms with Crippen LogP contribution >= 0.6 is 0 Å². The Morgan fingerprint density at radius 1 is 1.19 bits per heavy atom. The quantitative estimate of drug-likeness (QED) is 0.669. The maximum Gasteiger partial charge on any atom is 0.241 e. The zero-order chi connectivity index (χ0) is 15.2. The smallest absolute Gasteiger partial charge is 0.241 e. The van der Waals surface area contributed by atoms with Crippen LogP contribution in [0, 0.1) is 6.92 Å². The van der Waals surface area contributed by atoms with Crippen LogP contribution in [0.25, 0.3) is 0 Å². The third-order valence-corrected chi connectivity index (χ3v) is 5.22. The molecule has 1 aromatic rings. The molecule has 2 aliphatic rings. The highest BCUT2D eigenvalue weighted by Gasteiger charge is 2.50. The molecule has 2 aliphatic heterocycles. The minimum Gasteiger partial charge on any atom is -0.388 e. The van der Waals surface area contributed by atoms with E-state index < -0.39 is 40.7 Å². The van der Waals surface area contributed by atoms with E-state index in [1.54, 1.807) is 12.1 Å². The van der Waals surface area contributed by atoms with Gasteiger partial charge in [-0.05, 0) is 19.1 Å². The van der Waals surface area contributed by atoms with Crippen LogP contribution in [0.4, 0.5) is 0 Å². The van der Waals surface area contributed by atoms with Crippen LogP contribution in [-0.2, 0) is 19.5 Å². The number of aryl methyl sites for hydroxylation is 1. The maximum atomic E-state index is 12.3. The number of fused-ring (bicyclic) bond motifs is 2. The van der Waals surface area contributed by atoms with E-state index in [2.05, 4.69) is 4.72 Å². The fraction of sp³-hybridized carbons (Fsp3) is 0.538. The Bertz CT molecular complexity index is 616. The SMILES string of the molecule is Cc1ccc(S(=O)(=O)N[C@@H]2[C@@H]3OC[C@@H](O3)[C@H](O)[C@@H]2O)cc1. The van der Waals surface area contributed by atoms with E-state index in [0.29, 0.717) is 0 Å². The van der Waals surface area contributed by atoms with E-state index in [9.17, 15) is 18.6 Å². The number of hydrogen-bond donors (Lipinski definition) is 3. The molecule has 2 saturated heterocycles. The molecule has 2 fully saturated rings. The lowest BCUT2D eigenvalue weighted by Crippen LogP contribution is -2.60. The van der Waals surface area contributed by atoms with Crippen LogP contribution < -0.4 is 4.72 Å². The van der Waals surface area contributed by atoms with E-state index in [1.165, 1.54) is 12.1 Å². The molecule has 5 atom stereocenters. The molecule has 0 aromatic heterocycles. The monoisotopic (exact) mass is 315 g/mol. The summed E-state index contributed by atoms with van der Waals surface area (Å²) in [6.07, 6.45) is -3.98. The number of benzene rings is 1. The Kier molecular flexibility index (Phi) is 3.76. The highest BCUT2D eigenvalue weighted by atomic mass is 32.2. The summed E-state index contributed by atoms with van der Waals surface area (Å²) in [4.78, 5) is 0.0786. The van der Waals surface area contributed by atoms with Gasteiger partial charge in [0.05, 0.1) is 11.5 Å². The van der Waals surface area contributed by atoms with Gasteiger partial charge in [0.1, 0.15) is 24.4 Å². The second-order valence-corrected chi connectivity index (χ2v) is 7.03. The molecule has 0 spiro atoms. The Balaban J connectivity index is 1.83. The summed E-state index contributed by atoms with van der Waals surface area (Å²) in [7, 11) is -3.84. The molecular formula is C13H17NO6S. The van der Waals surface area contributed by atoms with Crippen molar-refractivity contribution in [3.05, 3.63) is 29.8 Å². The molecular weight excluding hydrogens is 298 g/mol. The summed E-state index contributed by atoms with van der Waals surface area (Å²) in [5, 5.41) is 19.9. The number of sulfonamides is 1. The van der Waals surface area contributed by atoms with Crippen LogP contribution in [0.5, 0.6) is 0 Å². The molecule has 1 aromatic carbocycles. The number of rotatable bonds is 3. The molecule has 2 bridgehead atoms. The van der Waals surface area contributed by atoms with E-state index >= 15 is 0 Å². The van der Waals surface area contributed by atoms with Crippen molar-refractivity contribution >= 4 is 10.0 Å². The molecule has 116 valence electrons. The van der Waals surface area contributed by atoms with Crippen molar-refractivity contribution < 1.29 is 28.1 Å². The predicted molar refractivity (Wildman–Crippen MR) is 71.9 cm³/mol. The standard InChI is InChI=1S/C13H17NO6S/c1-7-2-4-8(5-3-7)21(17,18)14-10-12(16)11(15)9-6-19-13(10)20-9/h2-5,9-16H,6H2,1H3/t9-,10+,11+,12-,13-/m1/s1. The molecule has 0 radical (unpaired) electrons. The molecule has 0 unspecified atom stereocenters. The van der Waals surface area contributed by atoms with E-state index in [1.807, 2.05) is 6.92 Å². The topological polar surface area (TPSA) is 105 Å². The molecule has 2 heterocycles. The summed E-state index contributed by atoms with van der Waals surface area (Å²) < 4.78 is 37.6. The van der Waals surface area contributed by atoms with Crippen molar-refractivity contribution in [3.8, 4) is 0 Å². The number of aliphatic hydroxyl groups is 2. The largest absolute Gasteiger partial charge is 0.388 e. The van der Waals surface area contributed by atoms with Gasteiger partial charge in [0.2, 0.25) is 10.0 Å². The van der Waals surface area contributed by atoms with E-state index in [4.69, 9.17) is 9.47 Å². The van der Waals surface area contributed by atoms with Crippen molar-refractivity contribution in [1.82, 2.24) is 4.72 Å². The van der Waals surface area contributed by atoms with Gasteiger partial charge in [-0.15, -0.1) is 0 Å². The average Bonchev–Trinajstić information content (AvgIpc) is 2.89. The lowest BCUT2D eigenvalue weighted by Gasteiger charge is -2.35. The summed E-state index contributed by atoms with van der Waals surface area (Å²) in [6.45, 7) is 1.98. The van der Waals surface area contributed by atoms with E-state index in [-0.39, 0.29) is 11.5 Å². The van der Waals surface area contributed by atoms with Gasteiger partial charge < -0.3 is 19.7 Å². The van der Waals surface area contributed by atoms with Gasteiger partial charge in [-0.3, -0.25) is 0 Å². The molecule has 3 N–H and O–H groups in total. The minimum atomic E-state index is -3.84. The van der Waals surface area contributed by atoms with Crippen LogP contribution in [0.3, 0.4) is 0 Å². The van der Waals surface area contributed by atoms with Gasteiger partial charge in [-0.1, -0.05) is 17.7 Å². The van der Waals surface area contributed by atoms with Gasteiger partial charge in [-0.25, -0.2) is 13.1 Å². The Morgan fingerprint density at radius 3 is 2.52 bits per heavy atom. The molecule has 3 rings (SSSR count). The number of aliphatic hydroxyl groups excluding tert-OH is 2. The van der Waals surface area contributed by atoms with Crippen LogP contribution in [0.2, 0.25) is 0 Å². The second-order valence-electron chi connectivity index (χ2n) is 5.32. The van der Waals surface area contributed by atoms with Gasteiger partial charge in [0.15, 0.2) is 6.29 Å². The first-order valence-corrected chi connectivity index (χ1v) is 8.09. The minimum absolute atomic E-state index is 0.0786. The Morgan fingerprint density at radius 2 is 1.86 bits per heavy atom. The summed E-state index contributed by atoms with van der Waals surface area (Å²) in [5.41, 5.74) is 0.937. The summed E-state index contributed by atoms with van der Waals surface area (Å²) in [5.74, 6) is 0. The predicted octanol–water partition coefficient (Wildman–Crippen LogP) is -0.881. The van der Waals surface area contributed by atoms with Gasteiger partial charge in [0.25, 0.3) is 0 Å². The number of nitrogens with one attached hydrogen (secondary N) is 1. The second kappa shape index (κ2) is 5.31. The first kappa shape index (κ1) is 14.9. The van der Waals surface area contributed by atoms with Gasteiger partial charge in [0, 0.05) is 0 Å². The van der Waals surface area contributed by atoms with Crippen molar-refractivity contribution in [2.45, 2.75) is 42.5 Å². The molecule has 0 saturated carbocycles. The fourth-order valence-electron chi connectivity index (χ4n) is 2.49. The van der Waals surface area contributed by atoms with Gasteiger partial charge >= 0.3 is 0 Å². The lowest BCUT2D eigenvalue weighted by molar-refractivity contribution is -0.181. The van der Waals surface area contributed by atoms with Crippen molar-refractivity contribution in [1.29, 1.82) is 0 Å². The van der Waals surface area contributed by atoms with Crippen LogP contribution in [0.1, 0.15) is 5.56 Å². The van der Waals surface area contributed by atoms with Crippen molar-refractivity contribution in [3.63, 3.8) is 0 Å². The lowest BCUT2D eigenvalue weighted by atomic mass is 10.00. The average molecular weight is 315 g/mol. The normalized spacial score (nSPS) is 35.9. The van der Waals surface area contributed by atoms with Crippen LogP contribution in [0.15, 0.2) is 29.2 Å². The number of hydrogen-bond acceptors (Lipinski definition) is 6. The van der Waals surface area contributed by atoms with Crippen molar-refractivity contribution in [2.24, 2.45) is 0 Å². The first-order valence-electron chi connectivity index (χ1n) is 6.61. The zero-order valence-electron chi connectivity index (χ0n) is 11.3. The zero-order valence-corrected chi connectivity index (χ0v) is 12.2. The molecule has 8 heteroatoms. The third-order valence-electron chi connectivity index (χ3n) is 3.75. The molecule has 21 heavy (non-hydrogen) atoms. The highest BCUT2D eigenvalue weighted by molar-refractivity contribution is 7.89. The van der Waals surface area contributed by atoms with Crippen molar-refractivity contribution in [2.75, 3.05) is 6.61 Å². The first-order chi connectivity index (χ1) is 9.88. The molecule has 0 aliphatic carbocycles. The van der Waals surface area contributed by atoms with Gasteiger partial charge in [-0.2, -0.15) is 0 Å². The Hall–Kier alpha value is -1.03. The molecule has 0 amide bonds. The highest BCUT2D eigenvalue weighted by Crippen LogP contribution is 2.29.